The highest BCUT2D eigenvalue weighted by atomic mass is 16.7. The first-order chi connectivity index (χ1) is 7.61. The molecule has 2 aliphatic rings. The number of rotatable bonds is 3. The van der Waals surface area contributed by atoms with Crippen molar-refractivity contribution in [2.75, 3.05) is 13.7 Å². The van der Waals surface area contributed by atoms with Crippen LogP contribution in [0.15, 0.2) is 4.99 Å². The van der Waals surface area contributed by atoms with Gasteiger partial charge in [-0.2, -0.15) is 0 Å². The summed E-state index contributed by atoms with van der Waals surface area (Å²) in [6.07, 6.45) is -0.978. The van der Waals surface area contributed by atoms with Gasteiger partial charge in [0.25, 0.3) is 0 Å². The molecule has 4 atom stereocenters. The minimum atomic E-state index is -0.452. The second-order valence-electron chi connectivity index (χ2n) is 3.80. The van der Waals surface area contributed by atoms with E-state index in [-0.39, 0.29) is 30.8 Å². The second kappa shape index (κ2) is 4.39. The molecule has 0 spiro atoms. The maximum Gasteiger partial charge on any atom is 0.302 e. The van der Waals surface area contributed by atoms with E-state index in [0.717, 1.165) is 0 Å². The van der Waals surface area contributed by atoms with Gasteiger partial charge >= 0.3 is 5.97 Å². The average molecular weight is 229 g/mol. The van der Waals surface area contributed by atoms with Gasteiger partial charge in [-0.15, -0.1) is 0 Å². The van der Waals surface area contributed by atoms with Crippen LogP contribution in [-0.4, -0.2) is 50.1 Å². The standard InChI is InChI=1S/C10H15NO5/c1-5-11-8-7(4-14-6(2)12)16-10(13-3)9(8)15-5/h7-10H,4H2,1-3H3/t7-,8+,9?,10?/m1/s1. The van der Waals surface area contributed by atoms with Gasteiger partial charge in [-0.1, -0.05) is 0 Å². The molecule has 2 unspecified atom stereocenters. The molecule has 0 aromatic rings. The molecule has 0 aliphatic carbocycles. The highest BCUT2D eigenvalue weighted by molar-refractivity contribution is 5.75. The normalized spacial score (nSPS) is 36.6. The molecule has 90 valence electrons. The number of hydrogen-bond donors (Lipinski definition) is 0. The molecule has 6 nitrogen and oxygen atoms in total. The fourth-order valence-electron chi connectivity index (χ4n) is 1.95. The fraction of sp³-hybridized carbons (Fsp3) is 0.800. The number of aliphatic imine (C=N–C) groups is 1. The van der Waals surface area contributed by atoms with Crippen LogP contribution in [0.25, 0.3) is 0 Å². The van der Waals surface area contributed by atoms with E-state index in [9.17, 15) is 4.79 Å². The molecular formula is C10H15NO5. The minimum absolute atomic E-state index is 0.149. The highest BCUT2D eigenvalue weighted by Gasteiger charge is 2.50. The van der Waals surface area contributed by atoms with Crippen LogP contribution < -0.4 is 0 Å². The maximum absolute atomic E-state index is 10.7. The summed E-state index contributed by atoms with van der Waals surface area (Å²) in [7, 11) is 1.55. The predicted molar refractivity (Wildman–Crippen MR) is 54.1 cm³/mol. The molecule has 1 fully saturated rings. The maximum atomic E-state index is 10.7. The lowest BCUT2D eigenvalue weighted by molar-refractivity contribution is -0.162. The number of carbonyl (C=O) groups excluding carboxylic acids is 1. The van der Waals surface area contributed by atoms with Crippen molar-refractivity contribution in [2.45, 2.75) is 38.4 Å². The van der Waals surface area contributed by atoms with E-state index >= 15 is 0 Å². The number of methoxy groups -OCH3 is 1. The highest BCUT2D eigenvalue weighted by Crippen LogP contribution is 2.31. The monoisotopic (exact) mass is 229 g/mol. The van der Waals surface area contributed by atoms with Crippen molar-refractivity contribution in [1.29, 1.82) is 0 Å². The van der Waals surface area contributed by atoms with E-state index in [1.54, 1.807) is 14.0 Å². The molecule has 0 saturated carbocycles. The molecule has 2 aliphatic heterocycles. The van der Waals surface area contributed by atoms with E-state index in [1.807, 2.05) is 0 Å². The van der Waals surface area contributed by atoms with Crippen LogP contribution in [0.4, 0.5) is 0 Å². The summed E-state index contributed by atoms with van der Waals surface area (Å²) in [6.45, 7) is 3.32. The van der Waals surface area contributed by atoms with Gasteiger partial charge in [0.05, 0.1) is 0 Å². The quantitative estimate of drug-likeness (QED) is 0.642. The molecule has 0 aromatic heterocycles. The lowest BCUT2D eigenvalue weighted by atomic mass is 10.1. The van der Waals surface area contributed by atoms with Gasteiger partial charge in [-0.25, -0.2) is 4.99 Å². The first-order valence-corrected chi connectivity index (χ1v) is 5.14. The SMILES string of the molecule is COC1O[C@H](COC(C)=O)[C@@H]2N=C(C)OC12. The van der Waals surface area contributed by atoms with E-state index < -0.39 is 6.29 Å². The number of hydrogen-bond acceptors (Lipinski definition) is 6. The van der Waals surface area contributed by atoms with Crippen molar-refractivity contribution in [3.05, 3.63) is 0 Å². The Hall–Kier alpha value is -1.14. The molecule has 0 aromatic carbocycles. The van der Waals surface area contributed by atoms with Crippen molar-refractivity contribution in [3.8, 4) is 0 Å². The van der Waals surface area contributed by atoms with Crippen LogP contribution >= 0.6 is 0 Å². The zero-order valence-electron chi connectivity index (χ0n) is 9.50. The number of carbonyl (C=O) groups is 1. The molecule has 2 heterocycles. The molecule has 0 radical (unpaired) electrons. The third-order valence-corrected chi connectivity index (χ3v) is 2.62. The molecular weight excluding hydrogens is 214 g/mol. The van der Waals surface area contributed by atoms with Crippen LogP contribution in [0, 0.1) is 0 Å². The lowest BCUT2D eigenvalue weighted by Gasteiger charge is -2.15. The second-order valence-corrected chi connectivity index (χ2v) is 3.80. The van der Waals surface area contributed by atoms with Crippen LogP contribution in [0.2, 0.25) is 0 Å². The lowest BCUT2D eigenvalue weighted by Crippen LogP contribution is -2.32. The molecule has 0 amide bonds. The molecule has 6 heteroatoms. The third kappa shape index (κ3) is 2.03. The van der Waals surface area contributed by atoms with Crippen molar-refractivity contribution < 1.29 is 23.7 Å². The molecule has 1 saturated heterocycles. The molecule has 0 N–H and O–H groups in total. The van der Waals surface area contributed by atoms with Crippen molar-refractivity contribution >= 4 is 11.9 Å². The Kier molecular flexibility index (Phi) is 3.11. The van der Waals surface area contributed by atoms with Crippen LogP contribution in [0.5, 0.6) is 0 Å². The smallest absolute Gasteiger partial charge is 0.302 e. The van der Waals surface area contributed by atoms with Crippen LogP contribution in [0.3, 0.4) is 0 Å². The van der Waals surface area contributed by atoms with Crippen molar-refractivity contribution in [3.63, 3.8) is 0 Å². The van der Waals surface area contributed by atoms with Crippen molar-refractivity contribution in [1.82, 2.24) is 0 Å². The number of esters is 1. The Morgan fingerprint density at radius 2 is 2.31 bits per heavy atom. The van der Waals surface area contributed by atoms with Gasteiger partial charge in [0.2, 0.25) is 0 Å². The Bertz CT molecular complexity index is 316. The van der Waals surface area contributed by atoms with Gasteiger partial charge in [-0.3, -0.25) is 4.79 Å². The van der Waals surface area contributed by atoms with Crippen LogP contribution in [0.1, 0.15) is 13.8 Å². The van der Waals surface area contributed by atoms with Gasteiger partial charge in [0.1, 0.15) is 18.8 Å². The summed E-state index contributed by atoms with van der Waals surface area (Å²) in [6, 6.07) is -0.149. The first kappa shape index (κ1) is 11.3. The van der Waals surface area contributed by atoms with E-state index in [1.165, 1.54) is 6.92 Å². The number of ether oxygens (including phenoxy) is 4. The Morgan fingerprint density at radius 3 is 2.94 bits per heavy atom. The third-order valence-electron chi connectivity index (χ3n) is 2.62. The minimum Gasteiger partial charge on any atom is -0.470 e. The predicted octanol–water partition coefficient (Wildman–Crippen LogP) is 0.107. The summed E-state index contributed by atoms with van der Waals surface area (Å²) >= 11 is 0. The van der Waals surface area contributed by atoms with E-state index in [4.69, 9.17) is 18.9 Å². The summed E-state index contributed by atoms with van der Waals surface area (Å²) < 4.78 is 21.1. The van der Waals surface area contributed by atoms with Gasteiger partial charge in [-0.05, 0) is 0 Å². The largest absolute Gasteiger partial charge is 0.470 e. The zero-order chi connectivity index (χ0) is 11.7. The summed E-state index contributed by atoms with van der Waals surface area (Å²) in [5, 5.41) is 0. The Labute approximate surface area is 93.5 Å². The average Bonchev–Trinajstić information content (AvgIpc) is 2.72. The van der Waals surface area contributed by atoms with Gasteiger partial charge < -0.3 is 18.9 Å². The fourth-order valence-corrected chi connectivity index (χ4v) is 1.95. The van der Waals surface area contributed by atoms with E-state index in [2.05, 4.69) is 4.99 Å². The summed E-state index contributed by atoms with van der Waals surface area (Å²) in [5.74, 6) is 0.286. The topological polar surface area (TPSA) is 66.4 Å². The number of nitrogens with zero attached hydrogens (tertiary/aromatic N) is 1. The Balaban J connectivity index is 2.01. The zero-order valence-corrected chi connectivity index (χ0v) is 9.50. The summed E-state index contributed by atoms with van der Waals surface area (Å²) in [5.41, 5.74) is 0. The van der Waals surface area contributed by atoms with Crippen molar-refractivity contribution in [2.24, 2.45) is 4.99 Å². The van der Waals surface area contributed by atoms with E-state index in [0.29, 0.717) is 5.90 Å². The number of fused-ring (bicyclic) bond motifs is 1. The Morgan fingerprint density at radius 1 is 1.56 bits per heavy atom. The molecule has 16 heavy (non-hydrogen) atoms. The van der Waals surface area contributed by atoms with Gasteiger partial charge in [0.15, 0.2) is 18.3 Å². The summed E-state index contributed by atoms with van der Waals surface area (Å²) in [4.78, 5) is 15.0. The van der Waals surface area contributed by atoms with Gasteiger partial charge in [0, 0.05) is 21.0 Å². The first-order valence-electron chi connectivity index (χ1n) is 5.14. The molecule has 2 rings (SSSR count). The van der Waals surface area contributed by atoms with Crippen LogP contribution in [-0.2, 0) is 23.7 Å². The molecule has 0 bridgehead atoms.